The number of fused-ring (bicyclic) bond motifs is 1. The maximum atomic E-state index is 13.1. The van der Waals surface area contributed by atoms with E-state index in [0.29, 0.717) is 17.2 Å². The summed E-state index contributed by atoms with van der Waals surface area (Å²) in [6, 6.07) is 13.2. The summed E-state index contributed by atoms with van der Waals surface area (Å²) in [4.78, 5) is 31.9. The van der Waals surface area contributed by atoms with Crippen LogP contribution in [0.3, 0.4) is 0 Å². The highest BCUT2D eigenvalue weighted by Gasteiger charge is 2.38. The molecule has 4 rings (SSSR count). The lowest BCUT2D eigenvalue weighted by Crippen LogP contribution is -2.42. The Kier molecular flexibility index (Phi) is 6.72. The quantitative estimate of drug-likeness (QED) is 0.541. The number of aryl methyl sites for hydroxylation is 1. The zero-order chi connectivity index (χ0) is 24.2. The molecule has 8 nitrogen and oxygen atoms in total. The number of carbonyl (C=O) groups is 2. The second-order valence-electron chi connectivity index (χ2n) is 8.03. The number of halogens is 1. The van der Waals surface area contributed by atoms with Gasteiger partial charge in [-0.15, -0.1) is 0 Å². The molecule has 9 heteroatoms. The maximum absolute atomic E-state index is 13.1. The molecule has 0 saturated heterocycles. The molecule has 1 N–H and O–H groups in total. The monoisotopic (exact) mass is 463 g/mol. The molecule has 0 spiro atoms. The fourth-order valence-corrected chi connectivity index (χ4v) is 3.95. The first-order chi connectivity index (χ1) is 16.4. The van der Waals surface area contributed by atoms with Crippen LogP contribution in [0.4, 0.5) is 10.3 Å². The van der Waals surface area contributed by atoms with Crippen molar-refractivity contribution < 1.29 is 18.7 Å². The molecule has 176 valence electrons. The van der Waals surface area contributed by atoms with Gasteiger partial charge in [-0.1, -0.05) is 42.0 Å². The van der Waals surface area contributed by atoms with Crippen LogP contribution >= 0.6 is 0 Å². The second kappa shape index (κ2) is 9.86. The minimum Gasteiger partial charge on any atom is -0.463 e. The number of allylic oxidation sites excluding steroid dienone is 1. The predicted octanol–water partition coefficient (Wildman–Crippen LogP) is 3.29. The number of hydrogen-bond acceptors (Lipinski definition) is 6. The largest absolute Gasteiger partial charge is 0.463 e. The van der Waals surface area contributed by atoms with Crippen LogP contribution in [-0.4, -0.2) is 39.8 Å². The molecule has 0 fully saturated rings. The van der Waals surface area contributed by atoms with Gasteiger partial charge in [0.15, 0.2) is 0 Å². The van der Waals surface area contributed by atoms with Crippen LogP contribution in [0.1, 0.15) is 36.6 Å². The van der Waals surface area contributed by atoms with Crippen LogP contribution in [0, 0.1) is 12.7 Å². The standard InChI is InChI=1S/C25H26FN5O3/c1-4-34-24(33)22-17(3)30(14-21(32)27-13-18-7-11-20(26)12-8-18)25-28-15-29-31(25)23(22)19-9-5-16(2)6-10-19/h5-12,15,23H,4,13-14H2,1-3H3,(H,27,32)/t23-/m1/s1. The van der Waals surface area contributed by atoms with Crippen molar-refractivity contribution in [3.63, 3.8) is 0 Å². The highest BCUT2D eigenvalue weighted by molar-refractivity contribution is 5.93. The normalized spacial score (nSPS) is 15.2. The Labute approximate surface area is 197 Å². The van der Waals surface area contributed by atoms with Gasteiger partial charge >= 0.3 is 5.97 Å². The fourth-order valence-electron chi connectivity index (χ4n) is 3.95. The van der Waals surface area contributed by atoms with E-state index in [1.165, 1.54) is 18.5 Å². The molecule has 3 aromatic rings. The first-order valence-corrected chi connectivity index (χ1v) is 11.0. The molecule has 0 radical (unpaired) electrons. The highest BCUT2D eigenvalue weighted by Crippen LogP contribution is 2.38. The Bertz CT molecular complexity index is 1220. The Morgan fingerprint density at radius 2 is 1.79 bits per heavy atom. The van der Waals surface area contributed by atoms with E-state index in [-0.39, 0.29) is 31.4 Å². The summed E-state index contributed by atoms with van der Waals surface area (Å²) < 4.78 is 20.1. The van der Waals surface area contributed by atoms with Gasteiger partial charge in [0.1, 0.15) is 24.7 Å². The Morgan fingerprint density at radius 1 is 1.09 bits per heavy atom. The number of rotatable bonds is 7. The molecule has 1 amide bonds. The topological polar surface area (TPSA) is 89.3 Å². The van der Waals surface area contributed by atoms with Gasteiger partial charge in [0.05, 0.1) is 12.2 Å². The Hall–Kier alpha value is -4.01. The average Bonchev–Trinajstić information content (AvgIpc) is 3.30. The number of nitrogens with one attached hydrogen (secondary N) is 1. The van der Waals surface area contributed by atoms with Gasteiger partial charge in [-0.2, -0.15) is 10.1 Å². The maximum Gasteiger partial charge on any atom is 0.338 e. The lowest BCUT2D eigenvalue weighted by atomic mass is 9.94. The van der Waals surface area contributed by atoms with Crippen LogP contribution in [0.5, 0.6) is 0 Å². The van der Waals surface area contributed by atoms with E-state index in [1.807, 2.05) is 31.2 Å². The van der Waals surface area contributed by atoms with Crippen LogP contribution < -0.4 is 10.2 Å². The minimum absolute atomic E-state index is 0.0742. The number of aromatic nitrogens is 3. The van der Waals surface area contributed by atoms with Crippen molar-refractivity contribution in [3.05, 3.63) is 88.6 Å². The number of amides is 1. The summed E-state index contributed by atoms with van der Waals surface area (Å²) >= 11 is 0. The van der Waals surface area contributed by atoms with Crippen molar-refractivity contribution in [2.24, 2.45) is 0 Å². The molecule has 0 saturated carbocycles. The van der Waals surface area contributed by atoms with Gasteiger partial charge in [0.2, 0.25) is 11.9 Å². The van der Waals surface area contributed by atoms with Gasteiger partial charge in [-0.3, -0.25) is 4.79 Å². The Morgan fingerprint density at radius 3 is 2.47 bits per heavy atom. The molecule has 1 aliphatic rings. The molecule has 0 aliphatic carbocycles. The van der Waals surface area contributed by atoms with E-state index in [0.717, 1.165) is 16.7 Å². The summed E-state index contributed by atoms with van der Waals surface area (Å²) in [6.45, 7) is 5.91. The van der Waals surface area contributed by atoms with E-state index in [2.05, 4.69) is 15.4 Å². The van der Waals surface area contributed by atoms with Crippen molar-refractivity contribution in [1.82, 2.24) is 20.1 Å². The van der Waals surface area contributed by atoms with Crippen molar-refractivity contribution in [2.75, 3.05) is 18.1 Å². The molecule has 0 bridgehead atoms. The van der Waals surface area contributed by atoms with Crippen molar-refractivity contribution in [1.29, 1.82) is 0 Å². The summed E-state index contributed by atoms with van der Waals surface area (Å²) in [5.74, 6) is -0.634. The molecule has 2 aromatic carbocycles. The van der Waals surface area contributed by atoms with Gasteiger partial charge < -0.3 is 15.0 Å². The van der Waals surface area contributed by atoms with E-state index in [9.17, 15) is 14.0 Å². The smallest absolute Gasteiger partial charge is 0.338 e. The SMILES string of the molecule is CCOC(=O)C1=C(C)N(CC(=O)NCc2ccc(F)cc2)c2ncnn2[C@@H]1c1ccc(C)cc1. The summed E-state index contributed by atoms with van der Waals surface area (Å²) in [5.41, 5.74) is 3.70. The minimum atomic E-state index is -0.532. The lowest BCUT2D eigenvalue weighted by Gasteiger charge is -2.35. The van der Waals surface area contributed by atoms with E-state index in [1.54, 1.807) is 35.6 Å². The van der Waals surface area contributed by atoms with Crippen molar-refractivity contribution >= 4 is 17.8 Å². The summed E-state index contributed by atoms with van der Waals surface area (Å²) in [7, 11) is 0. The molecule has 1 aromatic heterocycles. The van der Waals surface area contributed by atoms with Crippen LogP contribution in [0.25, 0.3) is 0 Å². The predicted molar refractivity (Wildman–Crippen MR) is 124 cm³/mol. The number of ether oxygens (including phenoxy) is 1. The number of nitrogens with zero attached hydrogens (tertiary/aromatic N) is 4. The zero-order valence-electron chi connectivity index (χ0n) is 19.3. The highest BCUT2D eigenvalue weighted by atomic mass is 19.1. The Balaban J connectivity index is 1.65. The average molecular weight is 464 g/mol. The van der Waals surface area contributed by atoms with E-state index in [4.69, 9.17) is 4.74 Å². The van der Waals surface area contributed by atoms with Crippen LogP contribution in [0.2, 0.25) is 0 Å². The third-order valence-electron chi connectivity index (χ3n) is 5.70. The number of anilines is 1. The number of carbonyl (C=O) groups excluding carboxylic acids is 2. The van der Waals surface area contributed by atoms with Gasteiger partial charge in [-0.05, 0) is 44.0 Å². The van der Waals surface area contributed by atoms with Crippen molar-refractivity contribution in [2.45, 2.75) is 33.4 Å². The third-order valence-corrected chi connectivity index (χ3v) is 5.70. The molecule has 1 aliphatic heterocycles. The molecule has 34 heavy (non-hydrogen) atoms. The first-order valence-electron chi connectivity index (χ1n) is 11.0. The van der Waals surface area contributed by atoms with Crippen molar-refractivity contribution in [3.8, 4) is 0 Å². The zero-order valence-corrected chi connectivity index (χ0v) is 19.3. The number of esters is 1. The second-order valence-corrected chi connectivity index (χ2v) is 8.03. The molecule has 2 heterocycles. The summed E-state index contributed by atoms with van der Waals surface area (Å²) in [6.07, 6.45) is 1.40. The first kappa shape index (κ1) is 23.2. The van der Waals surface area contributed by atoms with Crippen LogP contribution in [0.15, 0.2) is 66.1 Å². The molecule has 0 unspecified atom stereocenters. The van der Waals surface area contributed by atoms with E-state index < -0.39 is 12.0 Å². The molecular weight excluding hydrogens is 437 g/mol. The third kappa shape index (κ3) is 4.68. The lowest BCUT2D eigenvalue weighted by molar-refractivity contribution is -0.139. The number of benzene rings is 2. The fraction of sp³-hybridized carbons (Fsp3) is 0.280. The van der Waals surface area contributed by atoms with Gasteiger partial charge in [0.25, 0.3) is 0 Å². The van der Waals surface area contributed by atoms with Gasteiger partial charge in [-0.25, -0.2) is 13.9 Å². The molecular formula is C25H26FN5O3. The summed E-state index contributed by atoms with van der Waals surface area (Å²) in [5, 5.41) is 7.21. The van der Waals surface area contributed by atoms with Gasteiger partial charge in [0, 0.05) is 12.2 Å². The number of hydrogen-bond donors (Lipinski definition) is 1. The molecule has 1 atom stereocenters. The van der Waals surface area contributed by atoms with E-state index >= 15 is 0 Å². The van der Waals surface area contributed by atoms with Crippen LogP contribution in [-0.2, 0) is 20.9 Å².